The van der Waals surface area contributed by atoms with E-state index in [0.717, 1.165) is 35.7 Å². The summed E-state index contributed by atoms with van der Waals surface area (Å²) < 4.78 is 2.06. The van der Waals surface area contributed by atoms with Gasteiger partial charge in [-0.25, -0.2) is 4.98 Å². The van der Waals surface area contributed by atoms with Gasteiger partial charge in [-0.1, -0.05) is 60.5 Å². The molecule has 0 saturated carbocycles. The number of hydrogen-bond donors (Lipinski definition) is 1. The van der Waals surface area contributed by atoms with Crippen molar-refractivity contribution in [1.29, 1.82) is 0 Å². The van der Waals surface area contributed by atoms with E-state index in [1.807, 2.05) is 36.5 Å². The number of fused-ring (bicyclic) bond motifs is 1. The van der Waals surface area contributed by atoms with Crippen molar-refractivity contribution in [2.45, 2.75) is 20.0 Å². The lowest BCUT2D eigenvalue weighted by molar-refractivity contribution is 0.268. The molecule has 0 fully saturated rings. The molecule has 4 nitrogen and oxygen atoms in total. The fraction of sp³-hybridized carbons (Fsp3) is 0.174. The van der Waals surface area contributed by atoms with Gasteiger partial charge in [0, 0.05) is 35.6 Å². The highest BCUT2D eigenvalue weighted by atomic mass is 35.5. The topological polar surface area (TPSA) is 46.6 Å². The fourth-order valence-corrected chi connectivity index (χ4v) is 3.99. The van der Waals surface area contributed by atoms with Gasteiger partial charge in [-0.15, -0.1) is 0 Å². The van der Waals surface area contributed by atoms with E-state index in [1.54, 1.807) is 6.07 Å². The molecular formula is C23H22Cl2N4. The van der Waals surface area contributed by atoms with Gasteiger partial charge < -0.3 is 10.1 Å². The molecule has 0 aliphatic carbocycles. The van der Waals surface area contributed by atoms with Crippen LogP contribution in [0.5, 0.6) is 0 Å². The summed E-state index contributed by atoms with van der Waals surface area (Å²) in [7, 11) is 0. The Labute approximate surface area is 180 Å². The number of nitrogens with zero attached hydrogens (tertiary/aromatic N) is 3. The Hall–Kier alpha value is -2.53. The molecule has 2 heterocycles. The van der Waals surface area contributed by atoms with Gasteiger partial charge in [0.1, 0.15) is 5.65 Å². The van der Waals surface area contributed by atoms with E-state index >= 15 is 0 Å². The van der Waals surface area contributed by atoms with Crippen LogP contribution >= 0.6 is 23.2 Å². The van der Waals surface area contributed by atoms with Crippen LogP contribution in [0.3, 0.4) is 0 Å². The highest BCUT2D eigenvalue weighted by molar-refractivity contribution is 6.36. The first-order chi connectivity index (χ1) is 14.0. The van der Waals surface area contributed by atoms with E-state index in [9.17, 15) is 0 Å². The van der Waals surface area contributed by atoms with Gasteiger partial charge in [0.2, 0.25) is 0 Å². The van der Waals surface area contributed by atoms with Crippen LogP contribution in [0.25, 0.3) is 16.9 Å². The van der Waals surface area contributed by atoms with Crippen molar-refractivity contribution >= 4 is 34.5 Å². The molecular weight excluding hydrogens is 403 g/mol. The number of aromatic nitrogens is 2. The van der Waals surface area contributed by atoms with Crippen molar-refractivity contribution in [3.8, 4) is 11.3 Å². The largest absolute Gasteiger partial charge is 0.398 e. The minimum Gasteiger partial charge on any atom is -0.398 e. The molecule has 29 heavy (non-hydrogen) atoms. The van der Waals surface area contributed by atoms with Gasteiger partial charge in [0.15, 0.2) is 0 Å². The molecule has 4 rings (SSSR count). The zero-order chi connectivity index (χ0) is 20.4. The molecule has 0 bridgehead atoms. The molecule has 0 amide bonds. The first kappa shape index (κ1) is 19.8. The number of benzene rings is 2. The van der Waals surface area contributed by atoms with Crippen LogP contribution in [0.2, 0.25) is 10.0 Å². The van der Waals surface area contributed by atoms with E-state index in [0.29, 0.717) is 22.3 Å². The van der Waals surface area contributed by atoms with Gasteiger partial charge >= 0.3 is 0 Å². The Kier molecular flexibility index (Phi) is 5.76. The van der Waals surface area contributed by atoms with Crippen LogP contribution in [0.1, 0.15) is 18.2 Å². The summed E-state index contributed by atoms with van der Waals surface area (Å²) in [5.41, 5.74) is 11.6. The molecule has 4 aromatic rings. The number of imidazole rings is 1. The molecule has 2 N–H and O–H groups in total. The van der Waals surface area contributed by atoms with Crippen molar-refractivity contribution in [2.75, 3.05) is 12.3 Å². The van der Waals surface area contributed by atoms with Gasteiger partial charge in [0.05, 0.1) is 16.4 Å². The van der Waals surface area contributed by atoms with Crippen LogP contribution in [0.4, 0.5) is 5.69 Å². The smallest absolute Gasteiger partial charge is 0.137 e. The highest BCUT2D eigenvalue weighted by Crippen LogP contribution is 2.33. The number of anilines is 1. The maximum atomic E-state index is 6.52. The normalized spacial score (nSPS) is 11.4. The highest BCUT2D eigenvalue weighted by Gasteiger charge is 2.19. The molecule has 2 aromatic carbocycles. The molecule has 148 valence electrons. The molecule has 0 radical (unpaired) electrons. The van der Waals surface area contributed by atoms with Crippen LogP contribution < -0.4 is 5.73 Å². The first-order valence-electron chi connectivity index (χ1n) is 9.53. The standard InChI is InChI=1S/C23H22Cl2N4/c1-2-28(13-16-6-4-3-5-7-16)15-21-23(19-10-8-17(24)12-20(19)25)27-22-11-9-18(26)14-29(21)22/h3-12,14H,2,13,15,26H2,1H3. The lowest BCUT2D eigenvalue weighted by Gasteiger charge is -2.21. The SMILES string of the molecule is CCN(Cc1ccccc1)Cc1c(-c2ccc(Cl)cc2Cl)nc2ccc(N)cn12. The molecule has 2 aromatic heterocycles. The quantitative estimate of drug-likeness (QED) is 0.418. The monoisotopic (exact) mass is 424 g/mol. The zero-order valence-electron chi connectivity index (χ0n) is 16.1. The van der Waals surface area contributed by atoms with E-state index in [-0.39, 0.29) is 0 Å². The van der Waals surface area contributed by atoms with Crippen LogP contribution in [0.15, 0.2) is 66.9 Å². The molecule has 0 saturated heterocycles. The average Bonchev–Trinajstić information content (AvgIpc) is 3.05. The van der Waals surface area contributed by atoms with Crippen molar-refractivity contribution in [3.05, 3.63) is 88.2 Å². The maximum Gasteiger partial charge on any atom is 0.137 e. The van der Waals surface area contributed by atoms with E-state index in [4.69, 9.17) is 33.9 Å². The van der Waals surface area contributed by atoms with Crippen LogP contribution in [-0.4, -0.2) is 20.8 Å². The van der Waals surface area contributed by atoms with Gasteiger partial charge in [-0.3, -0.25) is 4.90 Å². The number of hydrogen-bond acceptors (Lipinski definition) is 3. The lowest BCUT2D eigenvalue weighted by atomic mass is 10.1. The van der Waals surface area contributed by atoms with Crippen molar-refractivity contribution < 1.29 is 0 Å². The Morgan fingerprint density at radius 2 is 1.79 bits per heavy atom. The van der Waals surface area contributed by atoms with Gasteiger partial charge in [-0.2, -0.15) is 0 Å². The Balaban J connectivity index is 1.79. The lowest BCUT2D eigenvalue weighted by Crippen LogP contribution is -2.23. The Bertz CT molecular complexity index is 1140. The number of nitrogens with two attached hydrogens (primary N) is 1. The summed E-state index contributed by atoms with van der Waals surface area (Å²) >= 11 is 12.6. The third-order valence-corrected chi connectivity index (χ3v) is 5.54. The fourth-order valence-electron chi connectivity index (χ4n) is 3.49. The Morgan fingerprint density at radius 1 is 1.00 bits per heavy atom. The maximum absolute atomic E-state index is 6.52. The summed E-state index contributed by atoms with van der Waals surface area (Å²) in [5.74, 6) is 0. The van der Waals surface area contributed by atoms with Gasteiger partial charge in [-0.05, 0) is 42.4 Å². The van der Waals surface area contributed by atoms with Crippen LogP contribution in [-0.2, 0) is 13.1 Å². The third-order valence-electron chi connectivity index (χ3n) is 5.00. The van der Waals surface area contributed by atoms with E-state index < -0.39 is 0 Å². The Morgan fingerprint density at radius 3 is 2.52 bits per heavy atom. The first-order valence-corrected chi connectivity index (χ1v) is 10.3. The summed E-state index contributed by atoms with van der Waals surface area (Å²) in [6, 6.07) is 19.8. The third kappa shape index (κ3) is 4.25. The summed E-state index contributed by atoms with van der Waals surface area (Å²) in [6.07, 6.45) is 1.92. The molecule has 0 unspecified atom stereocenters. The minimum atomic E-state index is 0.584. The van der Waals surface area contributed by atoms with Crippen molar-refractivity contribution in [2.24, 2.45) is 0 Å². The number of rotatable bonds is 6. The summed E-state index contributed by atoms with van der Waals surface area (Å²) in [4.78, 5) is 7.23. The second kappa shape index (κ2) is 8.46. The summed E-state index contributed by atoms with van der Waals surface area (Å²) in [6.45, 7) is 4.62. The average molecular weight is 425 g/mol. The molecule has 0 atom stereocenters. The predicted octanol–water partition coefficient (Wildman–Crippen LogP) is 5.91. The minimum absolute atomic E-state index is 0.584. The van der Waals surface area contributed by atoms with E-state index in [1.165, 1.54) is 5.56 Å². The van der Waals surface area contributed by atoms with E-state index in [2.05, 4.69) is 40.5 Å². The molecule has 6 heteroatoms. The zero-order valence-corrected chi connectivity index (χ0v) is 17.7. The number of halogens is 2. The molecule has 0 aliphatic rings. The molecule has 0 spiro atoms. The molecule has 0 aliphatic heterocycles. The second-order valence-corrected chi connectivity index (χ2v) is 7.85. The number of pyridine rings is 1. The van der Waals surface area contributed by atoms with Gasteiger partial charge in [0.25, 0.3) is 0 Å². The summed E-state index contributed by atoms with van der Waals surface area (Å²) in [5, 5.41) is 1.19. The predicted molar refractivity (Wildman–Crippen MR) is 121 cm³/mol. The second-order valence-electron chi connectivity index (χ2n) is 7.01. The van der Waals surface area contributed by atoms with Crippen molar-refractivity contribution in [3.63, 3.8) is 0 Å². The van der Waals surface area contributed by atoms with Crippen LogP contribution in [0, 0.1) is 0 Å². The number of nitrogen functional groups attached to an aromatic ring is 1. The van der Waals surface area contributed by atoms with Crippen molar-refractivity contribution in [1.82, 2.24) is 14.3 Å².